The van der Waals surface area contributed by atoms with Crippen molar-refractivity contribution in [3.63, 3.8) is 0 Å². The fourth-order valence-electron chi connectivity index (χ4n) is 2.06. The largest absolute Gasteiger partial charge is 0.287 e. The summed E-state index contributed by atoms with van der Waals surface area (Å²) in [7, 11) is 1.75. The van der Waals surface area contributed by atoms with E-state index in [1.165, 1.54) is 11.3 Å². The van der Waals surface area contributed by atoms with Gasteiger partial charge in [-0.1, -0.05) is 46.3 Å². The molecule has 5 heteroatoms. The third-order valence-electron chi connectivity index (χ3n) is 3.22. The molecule has 0 aliphatic carbocycles. The first kappa shape index (κ1) is 14.9. The molecule has 0 bridgehead atoms. The van der Waals surface area contributed by atoms with Crippen LogP contribution in [-0.2, 0) is 0 Å². The lowest BCUT2D eigenvalue weighted by molar-refractivity contribution is 0.0993. The lowest BCUT2D eigenvalue weighted by Gasteiger charge is -2.13. The second-order valence-electron chi connectivity index (χ2n) is 4.76. The van der Waals surface area contributed by atoms with Gasteiger partial charge in [-0.3, -0.25) is 9.69 Å². The van der Waals surface area contributed by atoms with E-state index in [9.17, 15) is 4.79 Å². The highest BCUT2D eigenvalue weighted by molar-refractivity contribution is 9.10. The molecule has 22 heavy (non-hydrogen) atoms. The van der Waals surface area contributed by atoms with Crippen molar-refractivity contribution in [2.75, 3.05) is 11.9 Å². The number of rotatable bonds is 3. The van der Waals surface area contributed by atoms with Gasteiger partial charge in [-0.05, 0) is 24.3 Å². The van der Waals surface area contributed by atoms with E-state index in [1.54, 1.807) is 11.9 Å². The zero-order valence-electron chi connectivity index (χ0n) is 11.9. The van der Waals surface area contributed by atoms with Crippen molar-refractivity contribution in [1.29, 1.82) is 0 Å². The highest BCUT2D eigenvalue weighted by atomic mass is 79.9. The maximum absolute atomic E-state index is 12.4. The van der Waals surface area contributed by atoms with Crippen LogP contribution in [-0.4, -0.2) is 17.9 Å². The number of halogens is 1. The minimum atomic E-state index is -0.0595. The normalized spacial score (nSPS) is 10.5. The highest BCUT2D eigenvalue weighted by Crippen LogP contribution is 2.29. The van der Waals surface area contributed by atoms with Gasteiger partial charge in [0.15, 0.2) is 5.13 Å². The number of carbonyl (C=O) groups excluding carboxylic acids is 1. The van der Waals surface area contributed by atoms with Gasteiger partial charge in [0.2, 0.25) is 0 Å². The fourth-order valence-corrected chi connectivity index (χ4v) is 3.26. The number of aromatic nitrogens is 1. The van der Waals surface area contributed by atoms with Crippen molar-refractivity contribution in [2.45, 2.75) is 0 Å². The zero-order chi connectivity index (χ0) is 15.5. The Bertz CT molecular complexity index is 801. The van der Waals surface area contributed by atoms with Crippen molar-refractivity contribution in [2.24, 2.45) is 0 Å². The SMILES string of the molecule is CN(C(=O)c1ccccc1)c1nc(-c2cccc(Br)c2)cs1. The van der Waals surface area contributed by atoms with Crippen LogP contribution in [0.1, 0.15) is 10.4 Å². The Morgan fingerprint density at radius 2 is 1.91 bits per heavy atom. The molecule has 0 unspecified atom stereocenters. The summed E-state index contributed by atoms with van der Waals surface area (Å²) in [5.74, 6) is -0.0595. The lowest BCUT2D eigenvalue weighted by atomic mass is 10.2. The van der Waals surface area contributed by atoms with Gasteiger partial charge >= 0.3 is 0 Å². The first-order chi connectivity index (χ1) is 10.6. The average molecular weight is 373 g/mol. The monoisotopic (exact) mass is 372 g/mol. The molecule has 0 aliphatic rings. The first-order valence-corrected chi connectivity index (χ1v) is 8.37. The van der Waals surface area contributed by atoms with Crippen LogP contribution in [0.5, 0.6) is 0 Å². The number of hydrogen-bond donors (Lipinski definition) is 0. The fraction of sp³-hybridized carbons (Fsp3) is 0.0588. The summed E-state index contributed by atoms with van der Waals surface area (Å²) in [5, 5.41) is 2.65. The number of amides is 1. The Balaban J connectivity index is 1.86. The quantitative estimate of drug-likeness (QED) is 0.658. The highest BCUT2D eigenvalue weighted by Gasteiger charge is 2.16. The Morgan fingerprint density at radius 3 is 2.64 bits per heavy atom. The van der Waals surface area contributed by atoms with Crippen LogP contribution >= 0.6 is 27.3 Å². The molecule has 0 radical (unpaired) electrons. The number of nitrogens with zero attached hydrogens (tertiary/aromatic N) is 2. The van der Waals surface area contributed by atoms with Gasteiger partial charge in [-0.15, -0.1) is 11.3 Å². The van der Waals surface area contributed by atoms with Crippen molar-refractivity contribution in [1.82, 2.24) is 4.98 Å². The summed E-state index contributed by atoms with van der Waals surface area (Å²) >= 11 is 4.92. The third kappa shape index (κ3) is 3.10. The summed E-state index contributed by atoms with van der Waals surface area (Å²) in [4.78, 5) is 18.6. The van der Waals surface area contributed by atoms with E-state index in [2.05, 4.69) is 20.9 Å². The van der Waals surface area contributed by atoms with Crippen molar-refractivity contribution >= 4 is 38.3 Å². The molecule has 0 fully saturated rings. The van der Waals surface area contributed by atoms with E-state index in [4.69, 9.17) is 0 Å². The third-order valence-corrected chi connectivity index (χ3v) is 4.64. The molecule has 2 aromatic carbocycles. The second kappa shape index (κ2) is 6.42. The molecule has 0 aliphatic heterocycles. The molecule has 3 nitrogen and oxygen atoms in total. The molecule has 0 atom stereocenters. The molecule has 3 aromatic rings. The topological polar surface area (TPSA) is 33.2 Å². The summed E-state index contributed by atoms with van der Waals surface area (Å²) < 4.78 is 1.01. The summed E-state index contributed by atoms with van der Waals surface area (Å²) in [6.07, 6.45) is 0. The van der Waals surface area contributed by atoms with Crippen LogP contribution in [0, 0.1) is 0 Å². The standard InChI is InChI=1S/C17H13BrN2OS/c1-20(16(21)12-6-3-2-4-7-12)17-19-15(11-22-17)13-8-5-9-14(18)10-13/h2-11H,1H3. The van der Waals surface area contributed by atoms with E-state index in [1.807, 2.05) is 60.0 Å². The Hall–Kier alpha value is -1.98. The maximum atomic E-state index is 12.4. The van der Waals surface area contributed by atoms with Crippen LogP contribution in [0.4, 0.5) is 5.13 Å². The van der Waals surface area contributed by atoms with E-state index in [0.717, 1.165) is 15.7 Å². The van der Waals surface area contributed by atoms with Crippen molar-refractivity contribution in [3.05, 3.63) is 70.0 Å². The predicted molar refractivity (Wildman–Crippen MR) is 94.4 cm³/mol. The maximum Gasteiger partial charge on any atom is 0.259 e. The molecule has 0 N–H and O–H groups in total. The van der Waals surface area contributed by atoms with Gasteiger partial charge in [0.25, 0.3) is 5.91 Å². The molecule has 0 spiro atoms. The Morgan fingerprint density at radius 1 is 1.14 bits per heavy atom. The molecule has 0 saturated heterocycles. The molecule has 1 amide bonds. The van der Waals surface area contributed by atoms with Gasteiger partial charge in [0.1, 0.15) is 0 Å². The predicted octanol–water partition coefficient (Wildman–Crippen LogP) is 4.85. The number of thiazole rings is 1. The van der Waals surface area contributed by atoms with Gasteiger partial charge < -0.3 is 0 Å². The average Bonchev–Trinajstić information content (AvgIpc) is 3.04. The van der Waals surface area contributed by atoms with Crippen LogP contribution < -0.4 is 4.90 Å². The molecular weight excluding hydrogens is 360 g/mol. The number of benzene rings is 2. The van der Waals surface area contributed by atoms with Gasteiger partial charge in [0.05, 0.1) is 5.69 Å². The van der Waals surface area contributed by atoms with E-state index >= 15 is 0 Å². The van der Waals surface area contributed by atoms with Crippen LogP contribution in [0.3, 0.4) is 0 Å². The number of carbonyl (C=O) groups is 1. The van der Waals surface area contributed by atoms with Crippen LogP contribution in [0.25, 0.3) is 11.3 Å². The van der Waals surface area contributed by atoms with E-state index in [-0.39, 0.29) is 5.91 Å². The van der Waals surface area contributed by atoms with E-state index < -0.39 is 0 Å². The van der Waals surface area contributed by atoms with Crippen LogP contribution in [0.2, 0.25) is 0 Å². The number of hydrogen-bond acceptors (Lipinski definition) is 3. The summed E-state index contributed by atoms with van der Waals surface area (Å²) in [6, 6.07) is 17.2. The minimum absolute atomic E-state index is 0.0595. The molecule has 0 saturated carbocycles. The molecule has 3 rings (SSSR count). The first-order valence-electron chi connectivity index (χ1n) is 6.70. The smallest absolute Gasteiger partial charge is 0.259 e. The molecular formula is C17H13BrN2OS. The Labute approximate surface area is 141 Å². The summed E-state index contributed by atoms with van der Waals surface area (Å²) in [5.41, 5.74) is 2.55. The zero-order valence-corrected chi connectivity index (χ0v) is 14.3. The Kier molecular flexibility index (Phi) is 4.36. The molecule has 110 valence electrons. The number of anilines is 1. The second-order valence-corrected chi connectivity index (χ2v) is 6.51. The summed E-state index contributed by atoms with van der Waals surface area (Å²) in [6.45, 7) is 0. The van der Waals surface area contributed by atoms with E-state index in [0.29, 0.717) is 10.7 Å². The van der Waals surface area contributed by atoms with Gasteiger partial charge in [-0.25, -0.2) is 4.98 Å². The minimum Gasteiger partial charge on any atom is -0.287 e. The van der Waals surface area contributed by atoms with Gasteiger partial charge in [0, 0.05) is 28.0 Å². The molecule has 1 aromatic heterocycles. The van der Waals surface area contributed by atoms with Crippen LogP contribution in [0.15, 0.2) is 64.5 Å². The van der Waals surface area contributed by atoms with Gasteiger partial charge in [-0.2, -0.15) is 0 Å². The van der Waals surface area contributed by atoms with Crippen molar-refractivity contribution in [3.8, 4) is 11.3 Å². The van der Waals surface area contributed by atoms with Crippen molar-refractivity contribution < 1.29 is 4.79 Å². The molecule has 1 heterocycles. The lowest BCUT2D eigenvalue weighted by Crippen LogP contribution is -2.25.